The minimum absolute atomic E-state index is 0.0629. The first-order chi connectivity index (χ1) is 16.4. The van der Waals surface area contributed by atoms with E-state index < -0.39 is 0 Å². The van der Waals surface area contributed by atoms with Gasteiger partial charge in [-0.2, -0.15) is 0 Å². The lowest BCUT2D eigenvalue weighted by atomic mass is 10.1. The molecule has 8 nitrogen and oxygen atoms in total. The van der Waals surface area contributed by atoms with Crippen molar-refractivity contribution in [1.29, 1.82) is 0 Å². The van der Waals surface area contributed by atoms with Crippen LogP contribution >= 0.6 is 0 Å². The van der Waals surface area contributed by atoms with Crippen LogP contribution in [0.15, 0.2) is 42.5 Å². The topological polar surface area (TPSA) is 91.9 Å². The van der Waals surface area contributed by atoms with E-state index in [1.165, 1.54) is 5.56 Å². The summed E-state index contributed by atoms with van der Waals surface area (Å²) in [5, 5.41) is 8.23. The second kappa shape index (κ2) is 14.8. The molecule has 0 unspecified atom stereocenters. The lowest BCUT2D eigenvalue weighted by molar-refractivity contribution is -0.121. The van der Waals surface area contributed by atoms with Crippen molar-refractivity contribution in [2.75, 3.05) is 53.3 Å². The van der Waals surface area contributed by atoms with Crippen LogP contribution in [0, 0.1) is 0 Å². The smallest absolute Gasteiger partial charge is 0.318 e. The summed E-state index contributed by atoms with van der Waals surface area (Å²) >= 11 is 0. The van der Waals surface area contributed by atoms with Crippen molar-refractivity contribution in [2.45, 2.75) is 32.1 Å². The Morgan fingerprint density at radius 2 is 1.56 bits per heavy atom. The highest BCUT2D eigenvalue weighted by Gasteiger charge is 2.06. The molecule has 0 aliphatic rings. The van der Waals surface area contributed by atoms with E-state index in [4.69, 9.17) is 9.47 Å². The van der Waals surface area contributed by atoms with E-state index in [1.807, 2.05) is 42.5 Å². The van der Waals surface area contributed by atoms with Gasteiger partial charge in [0.1, 0.15) is 11.5 Å². The molecule has 2 rings (SSSR count). The van der Waals surface area contributed by atoms with E-state index in [0.717, 1.165) is 55.1 Å². The zero-order valence-electron chi connectivity index (χ0n) is 20.8. The average Bonchev–Trinajstić information content (AvgIpc) is 2.86. The summed E-state index contributed by atoms with van der Waals surface area (Å²) in [6.45, 7) is 2.61. The van der Waals surface area contributed by atoms with Gasteiger partial charge in [-0.1, -0.05) is 12.1 Å². The molecule has 0 saturated carbocycles. The van der Waals surface area contributed by atoms with Gasteiger partial charge in [-0.15, -0.1) is 0 Å². The number of hydrogen-bond acceptors (Lipinski definition) is 5. The van der Waals surface area contributed by atoms with E-state index in [-0.39, 0.29) is 11.9 Å². The molecule has 0 atom stereocenters. The number of hydrogen-bond donors (Lipinski definition) is 3. The SMILES string of the molecule is CNC(=O)Nc1ccc(CCC(=O)NCCCCN(C)CCc2cc(OC)cc(OC)c2)cc1. The predicted molar refractivity (Wildman–Crippen MR) is 136 cm³/mol. The quantitative estimate of drug-likeness (QED) is 0.368. The molecule has 34 heavy (non-hydrogen) atoms. The van der Waals surface area contributed by atoms with Crippen LogP contribution in [0.3, 0.4) is 0 Å². The monoisotopic (exact) mass is 470 g/mol. The Balaban J connectivity index is 1.57. The fraction of sp³-hybridized carbons (Fsp3) is 0.462. The van der Waals surface area contributed by atoms with Crippen LogP contribution in [-0.2, 0) is 17.6 Å². The van der Waals surface area contributed by atoms with Gasteiger partial charge in [-0.25, -0.2) is 4.79 Å². The summed E-state index contributed by atoms with van der Waals surface area (Å²) in [4.78, 5) is 25.7. The van der Waals surface area contributed by atoms with E-state index in [9.17, 15) is 9.59 Å². The number of benzene rings is 2. The summed E-state index contributed by atoms with van der Waals surface area (Å²) in [6.07, 6.45) is 4.01. The summed E-state index contributed by atoms with van der Waals surface area (Å²) in [7, 11) is 7.01. The Labute approximate surface area is 203 Å². The van der Waals surface area contributed by atoms with E-state index >= 15 is 0 Å². The molecule has 0 spiro atoms. The van der Waals surface area contributed by atoms with Crippen LogP contribution < -0.4 is 25.4 Å². The summed E-state index contributed by atoms with van der Waals surface area (Å²) in [6, 6.07) is 13.2. The molecule has 186 valence electrons. The van der Waals surface area contributed by atoms with E-state index in [1.54, 1.807) is 21.3 Å². The number of unbranched alkanes of at least 4 members (excludes halogenated alkanes) is 1. The second-order valence-corrected chi connectivity index (χ2v) is 8.23. The highest BCUT2D eigenvalue weighted by molar-refractivity contribution is 5.88. The minimum Gasteiger partial charge on any atom is -0.497 e. The number of nitrogens with one attached hydrogen (secondary N) is 3. The zero-order valence-corrected chi connectivity index (χ0v) is 20.8. The standard InChI is InChI=1S/C26H38N4O4/c1-27-26(32)29-22-10-7-20(8-11-22)9-12-25(31)28-14-5-6-15-30(2)16-13-21-17-23(33-3)19-24(18-21)34-4/h7-8,10-11,17-19H,5-6,9,12-16H2,1-4H3,(H,28,31)(H2,27,29,32). The second-order valence-electron chi connectivity index (χ2n) is 8.23. The number of carbonyl (C=O) groups is 2. The number of nitrogens with zero attached hydrogens (tertiary/aromatic N) is 1. The van der Waals surface area contributed by atoms with Crippen LogP contribution in [0.5, 0.6) is 11.5 Å². The molecule has 0 aliphatic heterocycles. The number of methoxy groups -OCH3 is 2. The third-order valence-corrected chi connectivity index (χ3v) is 5.56. The lowest BCUT2D eigenvalue weighted by Gasteiger charge is -2.17. The maximum atomic E-state index is 12.1. The van der Waals surface area contributed by atoms with Gasteiger partial charge in [0.05, 0.1) is 14.2 Å². The molecule has 0 fully saturated rings. The number of likely N-dealkylation sites (N-methyl/N-ethyl adjacent to an activating group) is 1. The van der Waals surface area contributed by atoms with Crippen LogP contribution in [0.4, 0.5) is 10.5 Å². The largest absolute Gasteiger partial charge is 0.497 e. The average molecular weight is 471 g/mol. The van der Waals surface area contributed by atoms with Gasteiger partial charge in [0.25, 0.3) is 0 Å². The first-order valence-electron chi connectivity index (χ1n) is 11.7. The van der Waals surface area contributed by atoms with Crippen LogP contribution in [0.2, 0.25) is 0 Å². The highest BCUT2D eigenvalue weighted by Crippen LogP contribution is 2.22. The maximum Gasteiger partial charge on any atom is 0.318 e. The van der Waals surface area contributed by atoms with Crippen molar-refractivity contribution in [3.8, 4) is 11.5 Å². The number of rotatable bonds is 14. The Kier molecular flexibility index (Phi) is 11.7. The normalized spacial score (nSPS) is 10.6. The molecule has 2 aromatic rings. The van der Waals surface area contributed by atoms with Gasteiger partial charge >= 0.3 is 6.03 Å². The molecule has 3 amide bonds. The minimum atomic E-state index is -0.254. The Morgan fingerprint density at radius 1 is 0.882 bits per heavy atom. The Bertz CT molecular complexity index is 880. The lowest BCUT2D eigenvalue weighted by Crippen LogP contribution is -2.26. The van der Waals surface area contributed by atoms with Crippen molar-refractivity contribution in [3.63, 3.8) is 0 Å². The number of urea groups is 1. The van der Waals surface area contributed by atoms with Crippen molar-refractivity contribution in [2.24, 2.45) is 0 Å². The van der Waals surface area contributed by atoms with Gasteiger partial charge in [0.15, 0.2) is 0 Å². The van der Waals surface area contributed by atoms with E-state index in [2.05, 4.69) is 27.9 Å². The first kappa shape index (κ1) is 27.0. The Morgan fingerprint density at radius 3 is 2.18 bits per heavy atom. The first-order valence-corrected chi connectivity index (χ1v) is 11.7. The molecule has 8 heteroatoms. The van der Waals surface area contributed by atoms with E-state index in [0.29, 0.717) is 19.4 Å². The van der Waals surface area contributed by atoms with Crippen LogP contribution in [0.1, 0.15) is 30.4 Å². The number of ether oxygens (including phenoxy) is 2. The fourth-order valence-electron chi connectivity index (χ4n) is 3.47. The number of amides is 3. The van der Waals surface area contributed by atoms with Crippen molar-refractivity contribution in [3.05, 3.63) is 53.6 Å². The third-order valence-electron chi connectivity index (χ3n) is 5.56. The molecule has 0 radical (unpaired) electrons. The number of carbonyl (C=O) groups excluding carboxylic acids is 2. The molecule has 0 saturated heterocycles. The number of aryl methyl sites for hydroxylation is 1. The van der Waals surface area contributed by atoms with Crippen LogP contribution in [-0.4, -0.2) is 64.8 Å². The summed E-state index contributed by atoms with van der Waals surface area (Å²) in [5.41, 5.74) is 2.97. The summed E-state index contributed by atoms with van der Waals surface area (Å²) in [5.74, 6) is 1.68. The molecular weight excluding hydrogens is 432 g/mol. The highest BCUT2D eigenvalue weighted by atomic mass is 16.5. The van der Waals surface area contributed by atoms with Gasteiger partial charge in [0, 0.05) is 38.3 Å². The van der Waals surface area contributed by atoms with Gasteiger partial charge in [-0.3, -0.25) is 4.79 Å². The molecule has 0 aromatic heterocycles. The molecule has 3 N–H and O–H groups in total. The summed E-state index contributed by atoms with van der Waals surface area (Å²) < 4.78 is 10.7. The molecular formula is C26H38N4O4. The molecule has 2 aromatic carbocycles. The molecule has 0 aliphatic carbocycles. The zero-order chi connectivity index (χ0) is 24.8. The molecule has 0 heterocycles. The Hall–Kier alpha value is -3.26. The predicted octanol–water partition coefficient (Wildman–Crippen LogP) is 3.46. The van der Waals surface area contributed by atoms with Gasteiger partial charge < -0.3 is 30.3 Å². The maximum absolute atomic E-state index is 12.1. The third kappa shape index (κ3) is 10.1. The van der Waals surface area contributed by atoms with Gasteiger partial charge in [-0.05, 0) is 74.7 Å². The fourth-order valence-corrected chi connectivity index (χ4v) is 3.47. The number of anilines is 1. The van der Waals surface area contributed by atoms with Gasteiger partial charge in [0.2, 0.25) is 5.91 Å². The van der Waals surface area contributed by atoms with Crippen molar-refractivity contribution >= 4 is 17.6 Å². The van der Waals surface area contributed by atoms with Crippen molar-refractivity contribution < 1.29 is 19.1 Å². The molecule has 0 bridgehead atoms. The van der Waals surface area contributed by atoms with Crippen molar-refractivity contribution in [1.82, 2.24) is 15.5 Å². The van der Waals surface area contributed by atoms with Crippen LogP contribution in [0.25, 0.3) is 0 Å².